The second kappa shape index (κ2) is 7.99. The van der Waals surface area contributed by atoms with E-state index in [4.69, 9.17) is 9.97 Å². The molecule has 0 fully saturated rings. The Kier molecular flexibility index (Phi) is 4.80. The van der Waals surface area contributed by atoms with E-state index >= 15 is 0 Å². The molecule has 0 radical (unpaired) electrons. The van der Waals surface area contributed by atoms with Crippen molar-refractivity contribution in [2.45, 2.75) is 26.7 Å². The number of aryl methyl sites for hydroxylation is 2. The van der Waals surface area contributed by atoms with Crippen molar-refractivity contribution in [2.24, 2.45) is 0 Å². The number of hydrogen-bond acceptors (Lipinski definition) is 2. The molecule has 0 atom stereocenters. The van der Waals surface area contributed by atoms with Crippen LogP contribution in [0, 0.1) is 13.8 Å². The van der Waals surface area contributed by atoms with Gasteiger partial charge < -0.3 is 0 Å². The molecule has 2 aromatic carbocycles. The second-order valence-electron chi connectivity index (χ2n) is 9.01. The van der Waals surface area contributed by atoms with E-state index in [0.717, 1.165) is 45.2 Å². The summed E-state index contributed by atoms with van der Waals surface area (Å²) in [5, 5.41) is 0. The Labute approximate surface area is 199 Å². The van der Waals surface area contributed by atoms with Gasteiger partial charge in [-0.2, -0.15) is 0 Å². The minimum Gasteiger partial charge on any atom is -0.299 e. The van der Waals surface area contributed by atoms with Crippen LogP contribution in [0.25, 0.3) is 33.8 Å². The molecule has 0 unspecified atom stereocenters. The van der Waals surface area contributed by atoms with E-state index in [9.17, 15) is 0 Å². The smallest absolute Gasteiger partial charge is 0.144 e. The third-order valence-electron chi connectivity index (χ3n) is 6.59. The molecule has 0 aliphatic heterocycles. The summed E-state index contributed by atoms with van der Waals surface area (Å²) in [5.41, 5.74) is 9.00. The van der Waals surface area contributed by atoms with Crippen LogP contribution in [-0.2, 0) is 0 Å². The van der Waals surface area contributed by atoms with Gasteiger partial charge in [-0.3, -0.25) is 8.80 Å². The molecule has 34 heavy (non-hydrogen) atoms. The molecule has 0 amide bonds. The Morgan fingerprint density at radius 2 is 0.971 bits per heavy atom. The highest BCUT2D eigenvalue weighted by molar-refractivity contribution is 5.71. The summed E-state index contributed by atoms with van der Waals surface area (Å²) in [6.07, 6.45) is 4.19. The van der Waals surface area contributed by atoms with Crippen molar-refractivity contribution < 1.29 is 0 Å². The molecule has 0 N–H and O–H groups in total. The number of fused-ring (bicyclic) bond motifs is 2. The molecule has 4 heteroatoms. The standard InChI is InChI=1S/C30H26N4/c1-20-10-14-23(15-11-20)29-31-27(25-8-4-6-18-33(25)29)22(3)28-26-9-5-7-19-34(26)30(32-28)24-16-12-21(2)13-17-24/h4-19,22H,1-3H3. The first-order valence-electron chi connectivity index (χ1n) is 11.7. The monoisotopic (exact) mass is 442 g/mol. The van der Waals surface area contributed by atoms with E-state index in [2.05, 4.69) is 127 Å². The van der Waals surface area contributed by atoms with Crippen LogP contribution in [0.1, 0.15) is 35.4 Å². The fraction of sp³-hybridized carbons (Fsp3) is 0.133. The maximum Gasteiger partial charge on any atom is 0.144 e. The Hall–Kier alpha value is -4.18. The van der Waals surface area contributed by atoms with Crippen molar-refractivity contribution in [2.75, 3.05) is 0 Å². The van der Waals surface area contributed by atoms with Crippen LogP contribution in [0.3, 0.4) is 0 Å². The molecule has 4 nitrogen and oxygen atoms in total. The lowest BCUT2D eigenvalue weighted by molar-refractivity contribution is 0.869. The number of nitrogens with zero attached hydrogens (tertiary/aromatic N) is 4. The van der Waals surface area contributed by atoms with Gasteiger partial charge >= 0.3 is 0 Å². The summed E-state index contributed by atoms with van der Waals surface area (Å²) in [6, 6.07) is 29.7. The molecule has 166 valence electrons. The maximum atomic E-state index is 5.18. The van der Waals surface area contributed by atoms with Crippen molar-refractivity contribution in [1.29, 1.82) is 0 Å². The van der Waals surface area contributed by atoms with Crippen LogP contribution in [-0.4, -0.2) is 18.8 Å². The second-order valence-corrected chi connectivity index (χ2v) is 9.01. The average Bonchev–Trinajstić information content (AvgIpc) is 3.44. The van der Waals surface area contributed by atoms with Gasteiger partial charge in [-0.1, -0.05) is 78.7 Å². The molecule has 0 aliphatic carbocycles. The van der Waals surface area contributed by atoms with E-state index < -0.39 is 0 Å². The highest BCUT2D eigenvalue weighted by Gasteiger charge is 2.24. The zero-order valence-corrected chi connectivity index (χ0v) is 19.6. The zero-order valence-electron chi connectivity index (χ0n) is 19.6. The average molecular weight is 443 g/mol. The van der Waals surface area contributed by atoms with Gasteiger partial charge in [-0.05, 0) is 38.1 Å². The fourth-order valence-electron chi connectivity index (χ4n) is 4.70. The van der Waals surface area contributed by atoms with Gasteiger partial charge in [-0.15, -0.1) is 0 Å². The lowest BCUT2D eigenvalue weighted by Gasteiger charge is -2.07. The number of aromatic nitrogens is 4. The van der Waals surface area contributed by atoms with Gasteiger partial charge in [0.15, 0.2) is 0 Å². The van der Waals surface area contributed by atoms with Gasteiger partial charge in [0.25, 0.3) is 0 Å². The number of benzene rings is 2. The van der Waals surface area contributed by atoms with E-state index in [1.54, 1.807) is 0 Å². The molecule has 0 saturated heterocycles. The van der Waals surface area contributed by atoms with E-state index in [1.165, 1.54) is 11.1 Å². The summed E-state index contributed by atoms with van der Waals surface area (Å²) in [4.78, 5) is 10.4. The molecular weight excluding hydrogens is 416 g/mol. The predicted octanol–water partition coefficient (Wildman–Crippen LogP) is 7.08. The third-order valence-corrected chi connectivity index (χ3v) is 6.59. The van der Waals surface area contributed by atoms with Crippen molar-refractivity contribution in [3.8, 4) is 22.8 Å². The van der Waals surface area contributed by atoms with Crippen LogP contribution >= 0.6 is 0 Å². The largest absolute Gasteiger partial charge is 0.299 e. The van der Waals surface area contributed by atoms with Crippen molar-refractivity contribution in [1.82, 2.24) is 18.8 Å². The first kappa shape index (κ1) is 20.4. The molecule has 0 saturated carbocycles. The summed E-state index contributed by atoms with van der Waals surface area (Å²) >= 11 is 0. The van der Waals surface area contributed by atoms with Crippen LogP contribution in [0.4, 0.5) is 0 Å². The third kappa shape index (κ3) is 3.30. The molecule has 0 aliphatic rings. The Balaban J connectivity index is 1.53. The predicted molar refractivity (Wildman–Crippen MR) is 138 cm³/mol. The summed E-state index contributed by atoms with van der Waals surface area (Å²) < 4.78 is 4.38. The summed E-state index contributed by atoms with van der Waals surface area (Å²) in [6.45, 7) is 6.43. The lowest BCUT2D eigenvalue weighted by Crippen LogP contribution is -1.99. The van der Waals surface area contributed by atoms with Crippen LogP contribution in [0.2, 0.25) is 0 Å². The van der Waals surface area contributed by atoms with Crippen molar-refractivity contribution in [3.05, 3.63) is 120 Å². The van der Waals surface area contributed by atoms with Gasteiger partial charge in [0.2, 0.25) is 0 Å². The quantitative estimate of drug-likeness (QED) is 0.292. The topological polar surface area (TPSA) is 34.6 Å². The lowest BCUT2D eigenvalue weighted by atomic mass is 10.0. The number of hydrogen-bond donors (Lipinski definition) is 0. The molecule has 4 heterocycles. The fourth-order valence-corrected chi connectivity index (χ4v) is 4.70. The molecule has 0 bridgehead atoms. The Bertz CT molecular complexity index is 1500. The highest BCUT2D eigenvalue weighted by Crippen LogP contribution is 2.34. The van der Waals surface area contributed by atoms with Crippen LogP contribution in [0.15, 0.2) is 97.3 Å². The first-order valence-corrected chi connectivity index (χ1v) is 11.7. The summed E-state index contributed by atoms with van der Waals surface area (Å²) in [5.74, 6) is 1.94. The Morgan fingerprint density at radius 1 is 0.559 bits per heavy atom. The van der Waals surface area contributed by atoms with Gasteiger partial charge in [0.1, 0.15) is 11.6 Å². The van der Waals surface area contributed by atoms with Gasteiger partial charge in [0.05, 0.1) is 22.4 Å². The van der Waals surface area contributed by atoms with E-state index in [0.29, 0.717) is 0 Å². The SMILES string of the molecule is Cc1ccc(-c2nc(C(C)c3nc(-c4ccc(C)cc4)n4ccccc34)c3ccccn23)cc1. The zero-order chi connectivity index (χ0) is 23.2. The minimum atomic E-state index is 0.0215. The van der Waals surface area contributed by atoms with Crippen LogP contribution in [0.5, 0.6) is 0 Å². The molecule has 6 aromatic rings. The van der Waals surface area contributed by atoms with E-state index in [-0.39, 0.29) is 5.92 Å². The molecule has 0 spiro atoms. The molecule has 4 aromatic heterocycles. The summed E-state index contributed by atoms with van der Waals surface area (Å²) in [7, 11) is 0. The highest BCUT2D eigenvalue weighted by atomic mass is 15.1. The van der Waals surface area contributed by atoms with Gasteiger partial charge in [0, 0.05) is 29.4 Å². The molecular formula is C30H26N4. The number of rotatable bonds is 4. The normalized spacial score (nSPS) is 11.6. The minimum absolute atomic E-state index is 0.0215. The van der Waals surface area contributed by atoms with E-state index in [1.807, 2.05) is 0 Å². The Morgan fingerprint density at radius 3 is 1.38 bits per heavy atom. The maximum absolute atomic E-state index is 5.18. The van der Waals surface area contributed by atoms with Crippen molar-refractivity contribution in [3.63, 3.8) is 0 Å². The molecule has 6 rings (SSSR count). The number of imidazole rings is 2. The first-order chi connectivity index (χ1) is 16.6. The van der Waals surface area contributed by atoms with Crippen molar-refractivity contribution >= 4 is 11.0 Å². The van der Waals surface area contributed by atoms with Crippen LogP contribution < -0.4 is 0 Å². The number of pyridine rings is 2. The van der Waals surface area contributed by atoms with Gasteiger partial charge in [-0.25, -0.2) is 9.97 Å².